The largest absolute Gasteiger partial charge is 0.328 e. The summed E-state index contributed by atoms with van der Waals surface area (Å²) in [6.07, 6.45) is 6.15. The smallest absolute Gasteiger partial charge is 0.152 e. The van der Waals surface area contributed by atoms with Crippen molar-refractivity contribution in [2.24, 2.45) is 7.05 Å². The summed E-state index contributed by atoms with van der Waals surface area (Å²) in [5, 5.41) is 9.00. The molecule has 0 amide bonds. The standard InChI is InChI=1S/C20H27N7/c1-15-6-4-8-18(22-15)13-26-10-5-7-17(12-26)20-24-23-19(25(20)3)14-27-11-9-21-16(27)2/h4,6,8-9,11,17H,5,7,10,12-14H2,1-3H3/t17-/m0/s1. The lowest BCUT2D eigenvalue weighted by molar-refractivity contribution is 0.193. The fraction of sp³-hybridized carbons (Fsp3) is 0.500. The predicted molar refractivity (Wildman–Crippen MR) is 103 cm³/mol. The van der Waals surface area contributed by atoms with E-state index in [1.54, 1.807) is 0 Å². The molecule has 7 heteroatoms. The Morgan fingerprint density at radius 3 is 2.81 bits per heavy atom. The van der Waals surface area contributed by atoms with E-state index < -0.39 is 0 Å². The maximum atomic E-state index is 4.65. The molecule has 0 spiro atoms. The van der Waals surface area contributed by atoms with Crippen molar-refractivity contribution >= 4 is 0 Å². The third kappa shape index (κ3) is 3.93. The molecule has 4 rings (SSSR count). The van der Waals surface area contributed by atoms with Crippen molar-refractivity contribution in [3.05, 3.63) is 59.5 Å². The quantitative estimate of drug-likeness (QED) is 0.695. The van der Waals surface area contributed by atoms with Crippen LogP contribution < -0.4 is 0 Å². The van der Waals surface area contributed by atoms with Crippen LogP contribution in [0.2, 0.25) is 0 Å². The minimum Gasteiger partial charge on any atom is -0.328 e. The number of nitrogens with zero attached hydrogens (tertiary/aromatic N) is 7. The molecule has 1 fully saturated rings. The van der Waals surface area contributed by atoms with Gasteiger partial charge in [0.1, 0.15) is 11.6 Å². The van der Waals surface area contributed by atoms with E-state index in [4.69, 9.17) is 0 Å². The first-order valence-electron chi connectivity index (χ1n) is 9.61. The second kappa shape index (κ2) is 7.60. The number of likely N-dealkylation sites (tertiary alicyclic amines) is 1. The first-order valence-corrected chi connectivity index (χ1v) is 9.61. The summed E-state index contributed by atoms with van der Waals surface area (Å²) >= 11 is 0. The van der Waals surface area contributed by atoms with E-state index in [0.717, 1.165) is 54.9 Å². The fourth-order valence-corrected chi connectivity index (χ4v) is 3.92. The molecular weight excluding hydrogens is 338 g/mol. The van der Waals surface area contributed by atoms with Gasteiger partial charge in [-0.1, -0.05) is 6.07 Å². The number of aryl methyl sites for hydroxylation is 2. The maximum Gasteiger partial charge on any atom is 0.152 e. The topological polar surface area (TPSA) is 64.7 Å². The highest BCUT2D eigenvalue weighted by atomic mass is 15.3. The molecule has 1 aliphatic heterocycles. The van der Waals surface area contributed by atoms with Gasteiger partial charge in [-0.3, -0.25) is 9.88 Å². The van der Waals surface area contributed by atoms with Gasteiger partial charge < -0.3 is 9.13 Å². The Hall–Kier alpha value is -2.54. The lowest BCUT2D eigenvalue weighted by Crippen LogP contribution is -2.35. The van der Waals surface area contributed by atoms with Crippen LogP contribution in [0.5, 0.6) is 0 Å². The van der Waals surface area contributed by atoms with E-state index in [9.17, 15) is 0 Å². The molecule has 0 N–H and O–H groups in total. The number of hydrogen-bond donors (Lipinski definition) is 0. The molecule has 4 heterocycles. The maximum absolute atomic E-state index is 4.65. The number of piperidine rings is 1. The van der Waals surface area contributed by atoms with Gasteiger partial charge in [-0.05, 0) is 45.4 Å². The number of imidazole rings is 1. The van der Waals surface area contributed by atoms with Crippen molar-refractivity contribution in [3.8, 4) is 0 Å². The molecule has 3 aromatic rings. The molecule has 0 unspecified atom stereocenters. The molecule has 1 saturated heterocycles. The van der Waals surface area contributed by atoms with Crippen molar-refractivity contribution in [2.45, 2.75) is 45.7 Å². The first-order chi connectivity index (χ1) is 13.1. The van der Waals surface area contributed by atoms with Crippen LogP contribution in [0.1, 0.15) is 47.6 Å². The van der Waals surface area contributed by atoms with Gasteiger partial charge in [0.25, 0.3) is 0 Å². The highest BCUT2D eigenvalue weighted by Crippen LogP contribution is 2.26. The van der Waals surface area contributed by atoms with Gasteiger partial charge in [0.2, 0.25) is 0 Å². The van der Waals surface area contributed by atoms with Crippen LogP contribution in [0.25, 0.3) is 0 Å². The summed E-state index contributed by atoms with van der Waals surface area (Å²) in [6.45, 7) is 7.79. The van der Waals surface area contributed by atoms with Crippen LogP contribution in [0.3, 0.4) is 0 Å². The van der Waals surface area contributed by atoms with E-state index in [1.807, 2.05) is 32.3 Å². The Balaban J connectivity index is 1.46. The summed E-state index contributed by atoms with van der Waals surface area (Å²) in [5.41, 5.74) is 2.22. The van der Waals surface area contributed by atoms with Crippen molar-refractivity contribution in [1.82, 2.24) is 34.2 Å². The minimum absolute atomic E-state index is 0.415. The van der Waals surface area contributed by atoms with E-state index in [0.29, 0.717) is 12.5 Å². The molecule has 142 valence electrons. The van der Waals surface area contributed by atoms with Gasteiger partial charge in [0.15, 0.2) is 5.82 Å². The van der Waals surface area contributed by atoms with Crippen LogP contribution >= 0.6 is 0 Å². The van der Waals surface area contributed by atoms with E-state index in [2.05, 4.69) is 53.4 Å². The SMILES string of the molecule is Cc1cccc(CN2CCC[C@H](c3nnc(Cn4ccnc4C)n3C)C2)n1. The number of rotatable bonds is 5. The molecule has 0 aromatic carbocycles. The van der Waals surface area contributed by atoms with Gasteiger partial charge in [0, 0.05) is 44.1 Å². The zero-order chi connectivity index (χ0) is 18.8. The Bertz CT molecular complexity index is 911. The number of aromatic nitrogens is 6. The van der Waals surface area contributed by atoms with E-state index >= 15 is 0 Å². The van der Waals surface area contributed by atoms with Crippen LogP contribution in [0.4, 0.5) is 0 Å². The van der Waals surface area contributed by atoms with Gasteiger partial charge in [-0.25, -0.2) is 4.98 Å². The lowest BCUT2D eigenvalue weighted by atomic mass is 9.97. The van der Waals surface area contributed by atoms with Crippen LogP contribution in [-0.4, -0.2) is 47.3 Å². The zero-order valence-electron chi connectivity index (χ0n) is 16.3. The molecule has 0 bridgehead atoms. The Morgan fingerprint density at radius 2 is 2.04 bits per heavy atom. The van der Waals surface area contributed by atoms with Crippen LogP contribution in [0, 0.1) is 13.8 Å². The van der Waals surface area contributed by atoms with Gasteiger partial charge in [-0.15, -0.1) is 10.2 Å². The predicted octanol–water partition coefficient (Wildman–Crippen LogP) is 2.45. The van der Waals surface area contributed by atoms with Crippen molar-refractivity contribution in [3.63, 3.8) is 0 Å². The Morgan fingerprint density at radius 1 is 1.15 bits per heavy atom. The van der Waals surface area contributed by atoms with E-state index in [-0.39, 0.29) is 0 Å². The molecular formula is C20H27N7. The summed E-state index contributed by atoms with van der Waals surface area (Å²) in [6, 6.07) is 6.25. The number of pyridine rings is 1. The highest BCUT2D eigenvalue weighted by Gasteiger charge is 2.26. The second-order valence-electron chi connectivity index (χ2n) is 7.48. The van der Waals surface area contributed by atoms with Gasteiger partial charge in [0.05, 0.1) is 12.2 Å². The normalized spacial score (nSPS) is 18.1. The van der Waals surface area contributed by atoms with Crippen molar-refractivity contribution in [2.75, 3.05) is 13.1 Å². The highest BCUT2D eigenvalue weighted by molar-refractivity contribution is 5.11. The van der Waals surface area contributed by atoms with Gasteiger partial charge >= 0.3 is 0 Å². The third-order valence-corrected chi connectivity index (χ3v) is 5.44. The molecule has 0 saturated carbocycles. The molecule has 1 atom stereocenters. The summed E-state index contributed by atoms with van der Waals surface area (Å²) < 4.78 is 4.27. The average molecular weight is 365 g/mol. The van der Waals surface area contributed by atoms with Crippen LogP contribution in [0.15, 0.2) is 30.6 Å². The summed E-state index contributed by atoms with van der Waals surface area (Å²) in [7, 11) is 2.08. The minimum atomic E-state index is 0.415. The third-order valence-electron chi connectivity index (χ3n) is 5.44. The monoisotopic (exact) mass is 365 g/mol. The Labute approximate surface area is 160 Å². The van der Waals surface area contributed by atoms with Gasteiger partial charge in [-0.2, -0.15) is 0 Å². The summed E-state index contributed by atoms with van der Waals surface area (Å²) in [5.74, 6) is 3.47. The molecule has 7 nitrogen and oxygen atoms in total. The van der Waals surface area contributed by atoms with E-state index in [1.165, 1.54) is 6.42 Å². The second-order valence-corrected chi connectivity index (χ2v) is 7.48. The van der Waals surface area contributed by atoms with Crippen molar-refractivity contribution < 1.29 is 0 Å². The Kier molecular flexibility index (Phi) is 5.03. The fourth-order valence-electron chi connectivity index (χ4n) is 3.92. The lowest BCUT2D eigenvalue weighted by Gasteiger charge is -2.32. The first kappa shape index (κ1) is 17.9. The molecule has 1 aliphatic rings. The molecule has 3 aromatic heterocycles. The molecule has 27 heavy (non-hydrogen) atoms. The van der Waals surface area contributed by atoms with Crippen LogP contribution in [-0.2, 0) is 20.1 Å². The molecule has 0 aliphatic carbocycles. The average Bonchev–Trinajstić information content (AvgIpc) is 3.22. The zero-order valence-corrected chi connectivity index (χ0v) is 16.3. The number of hydrogen-bond acceptors (Lipinski definition) is 5. The van der Waals surface area contributed by atoms with Crippen molar-refractivity contribution in [1.29, 1.82) is 0 Å². The summed E-state index contributed by atoms with van der Waals surface area (Å²) in [4.78, 5) is 11.4. The molecule has 0 radical (unpaired) electrons.